The van der Waals surface area contributed by atoms with Crippen LogP contribution in [0.3, 0.4) is 0 Å². The van der Waals surface area contributed by atoms with E-state index in [1.807, 2.05) is 42.5 Å². The van der Waals surface area contributed by atoms with Crippen molar-refractivity contribution in [3.8, 4) is 0 Å². The molecule has 0 bridgehead atoms. The molecule has 0 aliphatic carbocycles. The monoisotopic (exact) mass is 321 g/mol. The highest BCUT2D eigenvalue weighted by Crippen LogP contribution is 2.24. The molecular formula is C18H15N3O3. The number of carbonyl (C=O) groups excluding carboxylic acids is 2. The number of amides is 2. The van der Waals surface area contributed by atoms with Gasteiger partial charge in [0.15, 0.2) is 0 Å². The first-order valence-electron chi connectivity index (χ1n) is 7.33. The summed E-state index contributed by atoms with van der Waals surface area (Å²) in [7, 11) is 0. The molecule has 2 aromatic carbocycles. The minimum absolute atomic E-state index is 0.0526. The molecule has 1 aliphatic heterocycles. The molecule has 1 aliphatic rings. The van der Waals surface area contributed by atoms with Crippen LogP contribution in [-0.2, 0) is 9.59 Å². The number of hydroxylamine groups is 1. The molecule has 2 aromatic rings. The van der Waals surface area contributed by atoms with Crippen molar-refractivity contribution in [1.82, 2.24) is 5.48 Å². The molecule has 0 saturated carbocycles. The molecule has 6 heteroatoms. The van der Waals surface area contributed by atoms with E-state index in [4.69, 9.17) is 5.21 Å². The van der Waals surface area contributed by atoms with E-state index in [1.54, 1.807) is 12.1 Å². The normalized spacial score (nSPS) is 13.7. The Balaban J connectivity index is 2.02. The SMILES string of the molecule is O=C(/C=C/c1ccc2c(c1)NC(=O)CN=C2c1ccccc1)NO. The van der Waals surface area contributed by atoms with Gasteiger partial charge in [-0.2, -0.15) is 0 Å². The molecule has 0 aromatic heterocycles. The van der Waals surface area contributed by atoms with Crippen LogP contribution in [0.4, 0.5) is 5.69 Å². The molecule has 0 unspecified atom stereocenters. The maximum absolute atomic E-state index is 11.9. The lowest BCUT2D eigenvalue weighted by Crippen LogP contribution is -2.15. The van der Waals surface area contributed by atoms with Gasteiger partial charge in [-0.25, -0.2) is 5.48 Å². The Hall–Kier alpha value is -3.25. The minimum Gasteiger partial charge on any atom is -0.324 e. The van der Waals surface area contributed by atoms with E-state index in [0.29, 0.717) is 11.3 Å². The summed E-state index contributed by atoms with van der Waals surface area (Å²) in [4.78, 5) is 27.4. The van der Waals surface area contributed by atoms with Gasteiger partial charge in [-0.1, -0.05) is 42.5 Å². The quantitative estimate of drug-likeness (QED) is 0.459. The third kappa shape index (κ3) is 3.39. The summed E-state index contributed by atoms with van der Waals surface area (Å²) in [5, 5.41) is 11.3. The second-order valence-electron chi connectivity index (χ2n) is 5.19. The molecule has 0 saturated heterocycles. The zero-order valence-electron chi connectivity index (χ0n) is 12.7. The lowest BCUT2D eigenvalue weighted by Gasteiger charge is -2.11. The van der Waals surface area contributed by atoms with Gasteiger partial charge >= 0.3 is 0 Å². The number of aliphatic imine (C=N–C) groups is 1. The molecule has 6 nitrogen and oxygen atoms in total. The average molecular weight is 321 g/mol. The van der Waals surface area contributed by atoms with Crippen molar-refractivity contribution in [3.63, 3.8) is 0 Å². The van der Waals surface area contributed by atoms with Crippen LogP contribution < -0.4 is 10.8 Å². The summed E-state index contributed by atoms with van der Waals surface area (Å²) in [5.74, 6) is -0.822. The highest BCUT2D eigenvalue weighted by Gasteiger charge is 2.17. The van der Waals surface area contributed by atoms with E-state index in [1.165, 1.54) is 11.6 Å². The Kier molecular flexibility index (Phi) is 4.49. The zero-order valence-corrected chi connectivity index (χ0v) is 12.7. The highest BCUT2D eigenvalue weighted by molar-refractivity contribution is 6.19. The van der Waals surface area contributed by atoms with Crippen molar-refractivity contribution in [3.05, 3.63) is 71.3 Å². The Labute approximate surface area is 138 Å². The van der Waals surface area contributed by atoms with Crippen LogP contribution in [0, 0.1) is 0 Å². The van der Waals surface area contributed by atoms with Crippen molar-refractivity contribution in [2.45, 2.75) is 0 Å². The van der Waals surface area contributed by atoms with Crippen LogP contribution in [-0.4, -0.2) is 29.3 Å². The molecule has 0 radical (unpaired) electrons. The van der Waals surface area contributed by atoms with E-state index in [0.717, 1.165) is 16.8 Å². The molecule has 24 heavy (non-hydrogen) atoms. The van der Waals surface area contributed by atoms with Crippen LogP contribution >= 0.6 is 0 Å². The molecule has 3 N–H and O–H groups in total. The third-order valence-electron chi connectivity index (χ3n) is 3.54. The van der Waals surface area contributed by atoms with Gasteiger partial charge in [0.05, 0.1) is 11.4 Å². The molecule has 2 amide bonds. The highest BCUT2D eigenvalue weighted by atomic mass is 16.5. The van der Waals surface area contributed by atoms with Gasteiger partial charge in [-0.3, -0.25) is 19.8 Å². The number of nitrogens with one attached hydrogen (secondary N) is 2. The summed E-state index contributed by atoms with van der Waals surface area (Å²) in [6.45, 7) is 0.0526. The first kappa shape index (κ1) is 15.6. The maximum Gasteiger partial charge on any atom is 0.267 e. The maximum atomic E-state index is 11.9. The van der Waals surface area contributed by atoms with Gasteiger partial charge in [0.25, 0.3) is 5.91 Å². The van der Waals surface area contributed by atoms with E-state index in [9.17, 15) is 9.59 Å². The van der Waals surface area contributed by atoms with Gasteiger partial charge in [0, 0.05) is 17.2 Å². The third-order valence-corrected chi connectivity index (χ3v) is 3.54. The predicted octanol–water partition coefficient (Wildman–Crippen LogP) is 1.99. The van der Waals surface area contributed by atoms with Crippen LogP contribution in [0.2, 0.25) is 0 Å². The largest absolute Gasteiger partial charge is 0.324 e. The molecule has 1 heterocycles. The van der Waals surface area contributed by atoms with E-state index >= 15 is 0 Å². The summed E-state index contributed by atoms with van der Waals surface area (Å²) < 4.78 is 0. The Morgan fingerprint density at radius 3 is 2.75 bits per heavy atom. The van der Waals surface area contributed by atoms with E-state index in [-0.39, 0.29) is 12.5 Å². The topological polar surface area (TPSA) is 90.8 Å². The van der Waals surface area contributed by atoms with E-state index in [2.05, 4.69) is 10.3 Å². The van der Waals surface area contributed by atoms with Crippen molar-refractivity contribution in [2.24, 2.45) is 4.99 Å². The van der Waals surface area contributed by atoms with Gasteiger partial charge in [0.1, 0.15) is 6.54 Å². The lowest BCUT2D eigenvalue weighted by molar-refractivity contribution is -0.124. The van der Waals surface area contributed by atoms with Crippen molar-refractivity contribution in [2.75, 3.05) is 11.9 Å². The van der Waals surface area contributed by atoms with Gasteiger partial charge in [0.2, 0.25) is 5.91 Å². The zero-order chi connectivity index (χ0) is 16.9. The number of benzodiazepines with no additional fused rings is 1. The number of benzene rings is 2. The van der Waals surface area contributed by atoms with Crippen LogP contribution in [0.25, 0.3) is 6.08 Å². The summed E-state index contributed by atoms with van der Waals surface area (Å²) >= 11 is 0. The number of fused-ring (bicyclic) bond motifs is 1. The fraction of sp³-hybridized carbons (Fsp3) is 0.0556. The van der Waals surface area contributed by atoms with Gasteiger partial charge < -0.3 is 5.32 Å². The lowest BCUT2D eigenvalue weighted by atomic mass is 9.99. The minimum atomic E-state index is -0.625. The Morgan fingerprint density at radius 1 is 1.21 bits per heavy atom. The number of hydrogen-bond acceptors (Lipinski definition) is 4. The Morgan fingerprint density at radius 2 is 2.00 bits per heavy atom. The van der Waals surface area contributed by atoms with Crippen LogP contribution in [0.15, 0.2) is 59.6 Å². The Bertz CT molecular complexity index is 842. The summed E-state index contributed by atoms with van der Waals surface area (Å²) in [5.41, 5.74) is 5.36. The molecule has 0 spiro atoms. The molecule has 3 rings (SSSR count). The molecule has 120 valence electrons. The van der Waals surface area contributed by atoms with Crippen molar-refractivity contribution >= 4 is 29.3 Å². The van der Waals surface area contributed by atoms with Crippen molar-refractivity contribution < 1.29 is 14.8 Å². The smallest absolute Gasteiger partial charge is 0.267 e. The second kappa shape index (κ2) is 6.89. The fourth-order valence-corrected chi connectivity index (χ4v) is 2.45. The molecular weight excluding hydrogens is 306 g/mol. The van der Waals surface area contributed by atoms with Crippen LogP contribution in [0.5, 0.6) is 0 Å². The van der Waals surface area contributed by atoms with Crippen molar-refractivity contribution in [1.29, 1.82) is 0 Å². The molecule has 0 fully saturated rings. The predicted molar refractivity (Wildman–Crippen MR) is 91.0 cm³/mol. The average Bonchev–Trinajstić information content (AvgIpc) is 2.78. The standard InChI is InChI=1S/C18H15N3O3/c22-16(21-24)9-7-12-6-8-14-15(10-12)20-17(23)11-19-18(14)13-4-2-1-3-5-13/h1-10,24H,11H2,(H,20,23)(H,21,22)/b9-7+. The first-order chi connectivity index (χ1) is 11.7. The van der Waals surface area contributed by atoms with E-state index < -0.39 is 5.91 Å². The first-order valence-corrected chi connectivity index (χ1v) is 7.33. The number of nitrogens with zero attached hydrogens (tertiary/aromatic N) is 1. The van der Waals surface area contributed by atoms with Gasteiger partial charge in [-0.05, 0) is 17.7 Å². The number of hydrogen-bond donors (Lipinski definition) is 3. The number of rotatable bonds is 3. The van der Waals surface area contributed by atoms with Crippen LogP contribution in [0.1, 0.15) is 16.7 Å². The summed E-state index contributed by atoms with van der Waals surface area (Å²) in [6.07, 6.45) is 2.74. The summed E-state index contributed by atoms with van der Waals surface area (Å²) in [6, 6.07) is 15.1. The molecule has 0 atom stereocenters. The number of carbonyl (C=O) groups is 2. The fourth-order valence-electron chi connectivity index (χ4n) is 2.45. The number of anilines is 1. The van der Waals surface area contributed by atoms with Gasteiger partial charge in [-0.15, -0.1) is 0 Å². The second-order valence-corrected chi connectivity index (χ2v) is 5.19.